The molecule has 1 aliphatic heterocycles. The highest BCUT2D eigenvalue weighted by atomic mass is 35.5. The molecule has 7 heteroatoms. The first kappa shape index (κ1) is 19.9. The summed E-state index contributed by atoms with van der Waals surface area (Å²) in [7, 11) is 0. The van der Waals surface area contributed by atoms with E-state index >= 15 is 0 Å². The number of benzene rings is 1. The number of pyridine rings is 1. The SMILES string of the molecule is N#CC(=C=N)C1=C(C#N)[C@H](c2ccc(Cl)cc2)[C@H]([n+]2ccccc2)[C@](O)(C2CC2)N1. The Kier molecular flexibility index (Phi) is 5.16. The summed E-state index contributed by atoms with van der Waals surface area (Å²) < 4.78 is 1.90. The standard InChI is InChI=1S/C23H19ClN5O/c24-18-8-4-15(5-9-18)20-19(14-27)21(16(12-25)13-26)28-23(30,17-6-7-17)22(20)29-10-2-1-3-11-29/h1-5,8-11,17,20,22,25,28,30H,6-7H2/q+1/t20-,22-,23+/m0/s1. The molecule has 3 atom stereocenters. The molecule has 148 valence electrons. The third kappa shape index (κ3) is 3.28. The Morgan fingerprint density at radius 3 is 2.37 bits per heavy atom. The predicted octanol–water partition coefficient (Wildman–Crippen LogP) is 3.13. The fourth-order valence-electron chi connectivity index (χ4n) is 4.26. The van der Waals surface area contributed by atoms with Gasteiger partial charge in [-0.15, -0.1) is 0 Å². The Bertz CT molecular complexity index is 1130. The lowest BCUT2D eigenvalue weighted by Gasteiger charge is -2.43. The number of hydrogen-bond acceptors (Lipinski definition) is 5. The lowest BCUT2D eigenvalue weighted by atomic mass is 9.74. The number of rotatable bonds is 4. The van der Waals surface area contributed by atoms with Crippen LogP contribution >= 0.6 is 11.6 Å². The minimum Gasteiger partial charge on any atom is -0.365 e. The van der Waals surface area contributed by atoms with Gasteiger partial charge < -0.3 is 10.4 Å². The number of halogens is 1. The monoisotopic (exact) mass is 416 g/mol. The van der Waals surface area contributed by atoms with Gasteiger partial charge in [-0.25, -0.2) is 0 Å². The Balaban J connectivity index is 2.03. The number of aromatic nitrogens is 1. The molecular weight excluding hydrogens is 398 g/mol. The fourth-order valence-corrected chi connectivity index (χ4v) is 4.39. The van der Waals surface area contributed by atoms with Crippen LogP contribution in [0.4, 0.5) is 0 Å². The fraction of sp³-hybridized carbons (Fsp3) is 0.261. The van der Waals surface area contributed by atoms with Crippen molar-refractivity contribution in [3.05, 3.63) is 82.3 Å². The van der Waals surface area contributed by atoms with Crippen LogP contribution in [0.15, 0.2) is 71.7 Å². The van der Waals surface area contributed by atoms with Crippen molar-refractivity contribution in [2.75, 3.05) is 0 Å². The van der Waals surface area contributed by atoms with Crippen LogP contribution in [0.1, 0.15) is 30.4 Å². The van der Waals surface area contributed by atoms with E-state index in [0.29, 0.717) is 5.02 Å². The lowest BCUT2D eigenvalue weighted by molar-refractivity contribution is -0.742. The van der Waals surface area contributed by atoms with E-state index in [1.165, 1.54) is 0 Å². The summed E-state index contributed by atoms with van der Waals surface area (Å²) in [5, 5.41) is 42.7. The van der Waals surface area contributed by atoms with E-state index < -0.39 is 17.7 Å². The van der Waals surface area contributed by atoms with Crippen molar-refractivity contribution in [3.8, 4) is 12.1 Å². The third-order valence-corrected chi connectivity index (χ3v) is 6.02. The zero-order chi connectivity index (χ0) is 21.3. The van der Waals surface area contributed by atoms with E-state index in [4.69, 9.17) is 17.0 Å². The molecule has 1 fully saturated rings. The largest absolute Gasteiger partial charge is 0.365 e. The third-order valence-electron chi connectivity index (χ3n) is 5.77. The average Bonchev–Trinajstić information content (AvgIpc) is 3.61. The van der Waals surface area contributed by atoms with Gasteiger partial charge in [0.15, 0.2) is 12.4 Å². The van der Waals surface area contributed by atoms with Gasteiger partial charge in [-0.05, 0) is 36.4 Å². The number of aliphatic hydroxyl groups is 1. The number of nitrogens with one attached hydrogen (secondary N) is 2. The molecule has 0 unspecified atom stereocenters. The van der Waals surface area contributed by atoms with Crippen molar-refractivity contribution in [1.82, 2.24) is 5.32 Å². The first-order valence-corrected chi connectivity index (χ1v) is 9.97. The van der Waals surface area contributed by atoms with Crippen LogP contribution in [-0.4, -0.2) is 16.7 Å². The number of allylic oxidation sites excluding steroid dienone is 2. The van der Waals surface area contributed by atoms with Gasteiger partial charge in [-0.1, -0.05) is 29.8 Å². The zero-order valence-corrected chi connectivity index (χ0v) is 16.8. The second-order valence-electron chi connectivity index (χ2n) is 7.53. The first-order chi connectivity index (χ1) is 14.5. The van der Waals surface area contributed by atoms with Gasteiger partial charge in [0.25, 0.3) is 0 Å². The normalized spacial score (nSPS) is 25.5. The van der Waals surface area contributed by atoms with E-state index in [2.05, 4.69) is 17.3 Å². The van der Waals surface area contributed by atoms with Crippen LogP contribution in [-0.2, 0) is 0 Å². The maximum Gasteiger partial charge on any atom is 0.216 e. The molecule has 0 amide bonds. The second-order valence-corrected chi connectivity index (χ2v) is 7.97. The van der Waals surface area contributed by atoms with Gasteiger partial charge in [-0.3, -0.25) is 5.41 Å². The van der Waals surface area contributed by atoms with Crippen molar-refractivity contribution in [1.29, 1.82) is 15.9 Å². The summed E-state index contributed by atoms with van der Waals surface area (Å²) in [4.78, 5) is 0. The molecule has 2 aromatic rings. The molecule has 2 aliphatic rings. The van der Waals surface area contributed by atoms with Crippen LogP contribution in [0, 0.1) is 34.0 Å². The number of nitriles is 2. The molecule has 0 bridgehead atoms. The lowest BCUT2D eigenvalue weighted by Crippen LogP contribution is -2.66. The molecule has 2 heterocycles. The van der Waals surface area contributed by atoms with Gasteiger partial charge >= 0.3 is 0 Å². The van der Waals surface area contributed by atoms with Crippen molar-refractivity contribution in [3.63, 3.8) is 0 Å². The molecular formula is C23H19ClN5O+. The van der Waals surface area contributed by atoms with Crippen LogP contribution in [0.3, 0.4) is 0 Å². The summed E-state index contributed by atoms with van der Waals surface area (Å²) in [5.74, 6) is 1.51. The van der Waals surface area contributed by atoms with E-state index in [1.54, 1.807) is 12.1 Å². The summed E-state index contributed by atoms with van der Waals surface area (Å²) >= 11 is 6.09. The Labute approximate surface area is 179 Å². The zero-order valence-electron chi connectivity index (χ0n) is 16.0. The van der Waals surface area contributed by atoms with Crippen LogP contribution in [0.2, 0.25) is 5.02 Å². The van der Waals surface area contributed by atoms with E-state index in [-0.39, 0.29) is 22.8 Å². The van der Waals surface area contributed by atoms with Gasteiger partial charge in [0.2, 0.25) is 11.8 Å². The molecule has 0 radical (unpaired) electrons. The second kappa shape index (κ2) is 7.78. The van der Waals surface area contributed by atoms with Crippen LogP contribution in [0.25, 0.3) is 0 Å². The van der Waals surface area contributed by atoms with Gasteiger partial charge in [-0.2, -0.15) is 15.1 Å². The van der Waals surface area contributed by atoms with Crippen LogP contribution in [0.5, 0.6) is 0 Å². The molecule has 1 saturated carbocycles. The van der Waals surface area contributed by atoms with Crippen LogP contribution < -0.4 is 9.88 Å². The highest BCUT2D eigenvalue weighted by Gasteiger charge is 2.61. The molecule has 0 spiro atoms. The maximum absolute atomic E-state index is 11.9. The maximum atomic E-state index is 11.9. The molecule has 1 aliphatic carbocycles. The molecule has 4 rings (SSSR count). The van der Waals surface area contributed by atoms with Gasteiger partial charge in [0, 0.05) is 23.1 Å². The molecule has 3 N–H and O–H groups in total. The first-order valence-electron chi connectivity index (χ1n) is 9.59. The predicted molar refractivity (Wildman–Crippen MR) is 110 cm³/mol. The smallest absolute Gasteiger partial charge is 0.216 e. The molecule has 1 aromatic carbocycles. The highest BCUT2D eigenvalue weighted by Crippen LogP contribution is 2.52. The highest BCUT2D eigenvalue weighted by molar-refractivity contribution is 6.30. The average molecular weight is 417 g/mol. The van der Waals surface area contributed by atoms with Crippen molar-refractivity contribution >= 4 is 17.5 Å². The summed E-state index contributed by atoms with van der Waals surface area (Å²) in [6, 6.07) is 16.4. The summed E-state index contributed by atoms with van der Waals surface area (Å²) in [6.45, 7) is 0. The van der Waals surface area contributed by atoms with Gasteiger partial charge in [0.1, 0.15) is 11.6 Å². The molecule has 30 heavy (non-hydrogen) atoms. The van der Waals surface area contributed by atoms with Crippen molar-refractivity contribution in [2.24, 2.45) is 5.92 Å². The Morgan fingerprint density at radius 2 is 1.83 bits per heavy atom. The Hall–Kier alpha value is -3.41. The summed E-state index contributed by atoms with van der Waals surface area (Å²) in [5.41, 5.74) is -0.290. The van der Waals surface area contributed by atoms with Gasteiger partial charge in [0.05, 0.1) is 23.3 Å². The van der Waals surface area contributed by atoms with E-state index in [0.717, 1.165) is 18.4 Å². The minimum atomic E-state index is -1.41. The summed E-state index contributed by atoms with van der Waals surface area (Å²) in [6.07, 6.45) is 5.37. The number of nitrogens with zero attached hydrogens (tertiary/aromatic N) is 3. The quantitative estimate of drug-likeness (QED) is 0.404. The topological polar surface area (TPSA) is 108 Å². The molecule has 0 saturated heterocycles. The minimum absolute atomic E-state index is 0.0501. The molecule has 6 nitrogen and oxygen atoms in total. The number of hydrogen-bond donors (Lipinski definition) is 3. The van der Waals surface area contributed by atoms with Crippen molar-refractivity contribution < 1.29 is 9.67 Å². The van der Waals surface area contributed by atoms with Crippen molar-refractivity contribution in [2.45, 2.75) is 30.5 Å². The van der Waals surface area contributed by atoms with E-state index in [9.17, 15) is 15.6 Å². The molecule has 1 aromatic heterocycles. The van der Waals surface area contributed by atoms with E-state index in [1.807, 2.05) is 53.4 Å². The Morgan fingerprint density at radius 1 is 1.17 bits per heavy atom.